The fourth-order valence-electron chi connectivity index (χ4n) is 3.54. The Hall–Kier alpha value is -1.88. The van der Waals surface area contributed by atoms with Gasteiger partial charge in [0.25, 0.3) is 0 Å². The number of hydrogen-bond acceptors (Lipinski definition) is 3. The number of anilines is 1. The molecule has 0 bridgehead atoms. The molecule has 1 aromatic rings. The van der Waals surface area contributed by atoms with E-state index in [0.717, 1.165) is 43.4 Å². The highest BCUT2D eigenvalue weighted by molar-refractivity contribution is 5.90. The first-order valence-electron chi connectivity index (χ1n) is 8.94. The van der Waals surface area contributed by atoms with Gasteiger partial charge in [-0.3, -0.25) is 9.59 Å². The molecule has 130 valence electrons. The molecule has 1 aromatic carbocycles. The number of carbonyl (C=O) groups is 2. The molecule has 3 N–H and O–H groups in total. The van der Waals surface area contributed by atoms with Gasteiger partial charge in [0.2, 0.25) is 11.8 Å². The van der Waals surface area contributed by atoms with E-state index in [0.29, 0.717) is 24.9 Å². The summed E-state index contributed by atoms with van der Waals surface area (Å²) in [6.45, 7) is 2.27. The first kappa shape index (κ1) is 17.0. The SMILES string of the molecule is CC(=O)N(Cc1ccc(NC(=O)C[C@@H]2CCC[C@H]2N)cc1)C1CC1. The van der Waals surface area contributed by atoms with Crippen LogP contribution >= 0.6 is 0 Å². The molecule has 2 fully saturated rings. The van der Waals surface area contributed by atoms with Gasteiger partial charge in [-0.25, -0.2) is 0 Å². The molecular formula is C19H27N3O2. The highest BCUT2D eigenvalue weighted by atomic mass is 16.2. The molecule has 0 radical (unpaired) electrons. The molecule has 0 spiro atoms. The molecule has 5 heteroatoms. The Bertz CT molecular complexity index is 595. The van der Waals surface area contributed by atoms with Gasteiger partial charge in [0.15, 0.2) is 0 Å². The zero-order valence-corrected chi connectivity index (χ0v) is 14.3. The van der Waals surface area contributed by atoms with Gasteiger partial charge < -0.3 is 16.0 Å². The topological polar surface area (TPSA) is 75.4 Å². The zero-order valence-electron chi connectivity index (χ0n) is 14.3. The first-order chi connectivity index (χ1) is 11.5. The van der Waals surface area contributed by atoms with E-state index in [1.165, 1.54) is 0 Å². The Morgan fingerprint density at radius 3 is 2.42 bits per heavy atom. The zero-order chi connectivity index (χ0) is 17.1. The normalized spacial score (nSPS) is 23.1. The van der Waals surface area contributed by atoms with E-state index in [4.69, 9.17) is 5.73 Å². The Balaban J connectivity index is 1.52. The number of nitrogens with one attached hydrogen (secondary N) is 1. The van der Waals surface area contributed by atoms with Crippen molar-refractivity contribution in [3.05, 3.63) is 29.8 Å². The van der Waals surface area contributed by atoms with Crippen LogP contribution in [0.15, 0.2) is 24.3 Å². The van der Waals surface area contributed by atoms with E-state index in [2.05, 4.69) is 5.32 Å². The van der Waals surface area contributed by atoms with Crippen LogP contribution in [0.25, 0.3) is 0 Å². The van der Waals surface area contributed by atoms with Crippen molar-refractivity contribution < 1.29 is 9.59 Å². The summed E-state index contributed by atoms with van der Waals surface area (Å²) in [5, 5.41) is 2.95. The van der Waals surface area contributed by atoms with Crippen LogP contribution in [0.1, 0.15) is 51.0 Å². The molecule has 5 nitrogen and oxygen atoms in total. The van der Waals surface area contributed by atoms with E-state index in [9.17, 15) is 9.59 Å². The molecule has 0 aliphatic heterocycles. The predicted octanol–water partition coefficient (Wildman–Crippen LogP) is 2.65. The molecule has 0 heterocycles. The third-order valence-electron chi connectivity index (χ3n) is 5.15. The summed E-state index contributed by atoms with van der Waals surface area (Å²) >= 11 is 0. The van der Waals surface area contributed by atoms with Gasteiger partial charge in [0, 0.05) is 37.7 Å². The first-order valence-corrected chi connectivity index (χ1v) is 8.94. The minimum atomic E-state index is 0.0356. The van der Waals surface area contributed by atoms with Crippen molar-refractivity contribution in [1.82, 2.24) is 4.90 Å². The van der Waals surface area contributed by atoms with Crippen molar-refractivity contribution in [1.29, 1.82) is 0 Å². The molecule has 2 saturated carbocycles. The number of nitrogens with two attached hydrogens (primary N) is 1. The van der Waals surface area contributed by atoms with Crippen LogP contribution in [-0.2, 0) is 16.1 Å². The van der Waals surface area contributed by atoms with Crippen molar-refractivity contribution >= 4 is 17.5 Å². The molecule has 0 unspecified atom stereocenters. The van der Waals surface area contributed by atoms with Crippen molar-refractivity contribution in [2.75, 3.05) is 5.32 Å². The monoisotopic (exact) mass is 329 g/mol. The lowest BCUT2D eigenvalue weighted by molar-refractivity contribution is -0.130. The Labute approximate surface area is 143 Å². The van der Waals surface area contributed by atoms with E-state index < -0.39 is 0 Å². The summed E-state index contributed by atoms with van der Waals surface area (Å²) in [5.41, 5.74) is 7.92. The minimum absolute atomic E-state index is 0.0356. The molecule has 0 saturated heterocycles. The van der Waals surface area contributed by atoms with Crippen molar-refractivity contribution in [2.24, 2.45) is 11.7 Å². The van der Waals surface area contributed by atoms with Crippen molar-refractivity contribution in [3.8, 4) is 0 Å². The average Bonchev–Trinajstić information content (AvgIpc) is 3.30. The van der Waals surface area contributed by atoms with Crippen molar-refractivity contribution in [3.63, 3.8) is 0 Å². The van der Waals surface area contributed by atoms with Gasteiger partial charge in [-0.15, -0.1) is 0 Å². The van der Waals surface area contributed by atoms with Crippen molar-refractivity contribution in [2.45, 2.75) is 64.1 Å². The second kappa shape index (κ2) is 7.34. The Morgan fingerprint density at radius 2 is 1.88 bits per heavy atom. The van der Waals surface area contributed by atoms with Crippen LogP contribution in [0, 0.1) is 5.92 Å². The molecule has 24 heavy (non-hydrogen) atoms. The number of benzene rings is 1. The van der Waals surface area contributed by atoms with Gasteiger partial charge in [-0.1, -0.05) is 18.6 Å². The van der Waals surface area contributed by atoms with E-state index >= 15 is 0 Å². The lowest BCUT2D eigenvalue weighted by Gasteiger charge is -2.20. The number of nitrogens with zero attached hydrogens (tertiary/aromatic N) is 1. The fourth-order valence-corrected chi connectivity index (χ4v) is 3.54. The van der Waals surface area contributed by atoms with Gasteiger partial charge >= 0.3 is 0 Å². The quantitative estimate of drug-likeness (QED) is 0.842. The van der Waals surface area contributed by atoms with Gasteiger partial charge in [-0.05, 0) is 49.3 Å². The molecule has 3 rings (SSSR count). The molecular weight excluding hydrogens is 302 g/mol. The highest BCUT2D eigenvalue weighted by Gasteiger charge is 2.30. The largest absolute Gasteiger partial charge is 0.336 e. The minimum Gasteiger partial charge on any atom is -0.336 e. The van der Waals surface area contributed by atoms with Crippen LogP contribution in [0.3, 0.4) is 0 Å². The summed E-state index contributed by atoms with van der Waals surface area (Å²) in [7, 11) is 0. The van der Waals surface area contributed by atoms with E-state index in [1.54, 1.807) is 6.92 Å². The number of carbonyl (C=O) groups excluding carboxylic acids is 2. The average molecular weight is 329 g/mol. The third-order valence-corrected chi connectivity index (χ3v) is 5.15. The summed E-state index contributed by atoms with van der Waals surface area (Å²) in [5.74, 6) is 0.475. The van der Waals surface area contributed by atoms with Crippen LogP contribution < -0.4 is 11.1 Å². The lowest BCUT2D eigenvalue weighted by Crippen LogP contribution is -2.30. The summed E-state index contributed by atoms with van der Waals surface area (Å²) in [4.78, 5) is 25.8. The number of rotatable bonds is 6. The van der Waals surface area contributed by atoms with Gasteiger partial charge in [-0.2, -0.15) is 0 Å². The van der Waals surface area contributed by atoms with E-state index in [-0.39, 0.29) is 17.9 Å². The number of amides is 2. The molecule has 2 aliphatic rings. The number of hydrogen-bond donors (Lipinski definition) is 2. The predicted molar refractivity (Wildman–Crippen MR) is 94.3 cm³/mol. The summed E-state index contributed by atoms with van der Waals surface area (Å²) < 4.78 is 0. The van der Waals surface area contributed by atoms with E-state index in [1.807, 2.05) is 29.2 Å². The maximum Gasteiger partial charge on any atom is 0.224 e. The molecule has 2 aliphatic carbocycles. The van der Waals surface area contributed by atoms with Gasteiger partial charge in [0.05, 0.1) is 0 Å². The molecule has 2 atom stereocenters. The van der Waals surface area contributed by atoms with Crippen LogP contribution in [0.5, 0.6) is 0 Å². The lowest BCUT2D eigenvalue weighted by atomic mass is 10.00. The maximum absolute atomic E-state index is 12.1. The second-order valence-electron chi connectivity index (χ2n) is 7.18. The standard InChI is InChI=1S/C19H27N3O2/c1-13(23)22(17-9-10-17)12-14-5-7-16(8-6-14)21-19(24)11-15-3-2-4-18(15)20/h5-8,15,17-18H,2-4,9-12,20H2,1H3,(H,21,24)/t15-,18+/m0/s1. The highest BCUT2D eigenvalue weighted by Crippen LogP contribution is 2.29. The smallest absolute Gasteiger partial charge is 0.224 e. The fraction of sp³-hybridized carbons (Fsp3) is 0.579. The van der Waals surface area contributed by atoms with Crippen LogP contribution in [-0.4, -0.2) is 28.8 Å². The summed E-state index contributed by atoms with van der Waals surface area (Å²) in [6.07, 6.45) is 5.92. The molecule has 0 aromatic heterocycles. The summed E-state index contributed by atoms with van der Waals surface area (Å²) in [6, 6.07) is 8.36. The second-order valence-corrected chi connectivity index (χ2v) is 7.18. The van der Waals surface area contributed by atoms with Crippen LogP contribution in [0.2, 0.25) is 0 Å². The third kappa shape index (κ3) is 4.35. The molecule has 2 amide bonds. The Morgan fingerprint density at radius 1 is 1.17 bits per heavy atom. The maximum atomic E-state index is 12.1. The Kier molecular flexibility index (Phi) is 5.19. The van der Waals surface area contributed by atoms with Crippen LogP contribution in [0.4, 0.5) is 5.69 Å². The van der Waals surface area contributed by atoms with Gasteiger partial charge in [0.1, 0.15) is 0 Å².